The number of para-hydroxylation sites is 1. The van der Waals surface area contributed by atoms with Gasteiger partial charge in [-0.2, -0.15) is 13.2 Å². The van der Waals surface area contributed by atoms with Crippen LogP contribution in [0.25, 0.3) is 0 Å². The average Bonchev–Trinajstić information content (AvgIpc) is 2.66. The number of urea groups is 1. The second kappa shape index (κ2) is 7.16. The van der Waals surface area contributed by atoms with E-state index in [1.165, 1.54) is 54.9 Å². The summed E-state index contributed by atoms with van der Waals surface area (Å²) in [5, 5.41) is 14.3. The van der Waals surface area contributed by atoms with Gasteiger partial charge in [-0.1, -0.05) is 48.5 Å². The van der Waals surface area contributed by atoms with E-state index in [1.807, 2.05) is 0 Å². The number of rotatable bonds is 4. The Morgan fingerprint density at radius 1 is 1.11 bits per heavy atom. The molecule has 9 heteroatoms. The molecule has 0 bridgehead atoms. The van der Waals surface area contributed by atoms with E-state index in [-0.39, 0.29) is 16.9 Å². The van der Waals surface area contributed by atoms with E-state index in [0.717, 1.165) is 0 Å². The third-order valence-electron chi connectivity index (χ3n) is 4.62. The van der Waals surface area contributed by atoms with Gasteiger partial charge in [0, 0.05) is 11.1 Å². The quantitative estimate of drug-likeness (QED) is 0.696. The summed E-state index contributed by atoms with van der Waals surface area (Å²) in [6.07, 6.45) is -5.31. The number of ether oxygens (including phenoxy) is 1. The number of carbonyl (C=O) groups excluding carboxylic acids is 2. The minimum atomic E-state index is -5.31. The molecule has 0 aliphatic carbocycles. The van der Waals surface area contributed by atoms with Crippen LogP contribution in [0, 0.1) is 5.92 Å². The Kier molecular flexibility index (Phi) is 5.03. The highest BCUT2D eigenvalue weighted by molar-refractivity contribution is 6.00. The van der Waals surface area contributed by atoms with Gasteiger partial charge in [0.1, 0.15) is 11.7 Å². The zero-order chi connectivity index (χ0) is 20.5. The van der Waals surface area contributed by atoms with Crippen LogP contribution in [0.1, 0.15) is 22.0 Å². The number of ketones is 1. The molecule has 148 valence electrons. The van der Waals surface area contributed by atoms with Crippen LogP contribution >= 0.6 is 0 Å². The van der Waals surface area contributed by atoms with E-state index in [0.29, 0.717) is 0 Å². The maximum Gasteiger partial charge on any atom is 0.437 e. The molecule has 28 heavy (non-hydrogen) atoms. The normalized spacial score (nSPS) is 24.8. The zero-order valence-electron chi connectivity index (χ0n) is 14.7. The SMILES string of the molecule is COc1ccccc1[C@@H]1NC(=O)N[C@](O)(C(F)(F)F)[C@H]1C(=O)c1ccccc1. The first-order chi connectivity index (χ1) is 13.2. The lowest BCUT2D eigenvalue weighted by molar-refractivity contribution is -0.287. The summed E-state index contributed by atoms with van der Waals surface area (Å²) in [7, 11) is 1.31. The molecule has 0 spiro atoms. The molecule has 1 aliphatic heterocycles. The van der Waals surface area contributed by atoms with Crippen molar-refractivity contribution in [2.75, 3.05) is 7.11 Å². The Morgan fingerprint density at radius 3 is 2.32 bits per heavy atom. The molecule has 2 aromatic rings. The summed E-state index contributed by atoms with van der Waals surface area (Å²) in [5.41, 5.74) is -3.67. The molecule has 0 radical (unpaired) electrons. The maximum absolute atomic E-state index is 13.8. The highest BCUT2D eigenvalue weighted by Crippen LogP contribution is 2.45. The van der Waals surface area contributed by atoms with Crippen LogP contribution in [0.4, 0.5) is 18.0 Å². The van der Waals surface area contributed by atoms with Crippen molar-refractivity contribution < 1.29 is 32.6 Å². The second-order valence-electron chi connectivity index (χ2n) is 6.29. The van der Waals surface area contributed by atoms with Crippen molar-refractivity contribution in [1.82, 2.24) is 10.6 Å². The molecule has 0 aromatic heterocycles. The number of carbonyl (C=O) groups is 2. The number of alkyl halides is 3. The number of amides is 2. The fraction of sp³-hybridized carbons (Fsp3) is 0.263. The summed E-state index contributed by atoms with van der Waals surface area (Å²) < 4.78 is 46.6. The lowest BCUT2D eigenvalue weighted by Gasteiger charge is -2.45. The van der Waals surface area contributed by atoms with E-state index in [9.17, 15) is 27.9 Å². The summed E-state index contributed by atoms with van der Waals surface area (Å²) in [5.74, 6) is -2.90. The average molecular weight is 394 g/mol. The fourth-order valence-electron chi connectivity index (χ4n) is 3.30. The molecular weight excluding hydrogens is 377 g/mol. The van der Waals surface area contributed by atoms with Crippen LogP contribution in [-0.4, -0.2) is 35.9 Å². The molecule has 1 fully saturated rings. The van der Waals surface area contributed by atoms with Gasteiger partial charge in [0.05, 0.1) is 13.2 Å². The van der Waals surface area contributed by atoms with Crippen molar-refractivity contribution in [3.8, 4) is 5.75 Å². The van der Waals surface area contributed by atoms with Gasteiger partial charge >= 0.3 is 12.2 Å². The number of hydrogen-bond donors (Lipinski definition) is 3. The van der Waals surface area contributed by atoms with E-state index in [1.54, 1.807) is 12.1 Å². The molecule has 6 nitrogen and oxygen atoms in total. The predicted octanol–water partition coefficient (Wildman–Crippen LogP) is 2.80. The lowest BCUT2D eigenvalue weighted by Crippen LogP contribution is -2.72. The highest BCUT2D eigenvalue weighted by Gasteiger charge is 2.66. The van der Waals surface area contributed by atoms with E-state index in [4.69, 9.17) is 4.74 Å². The minimum Gasteiger partial charge on any atom is -0.496 e. The molecule has 0 saturated carbocycles. The Balaban J connectivity index is 2.20. The summed E-state index contributed by atoms with van der Waals surface area (Å²) in [4.78, 5) is 25.0. The monoisotopic (exact) mass is 394 g/mol. The zero-order valence-corrected chi connectivity index (χ0v) is 14.7. The summed E-state index contributed by atoms with van der Waals surface area (Å²) in [6, 6.07) is 10.6. The number of nitrogens with one attached hydrogen (secondary N) is 2. The molecule has 1 saturated heterocycles. The first-order valence-corrected chi connectivity index (χ1v) is 8.29. The Morgan fingerprint density at radius 2 is 1.71 bits per heavy atom. The topological polar surface area (TPSA) is 87.7 Å². The Hall–Kier alpha value is -3.07. The molecule has 1 heterocycles. The number of hydrogen-bond acceptors (Lipinski definition) is 4. The van der Waals surface area contributed by atoms with Crippen molar-refractivity contribution in [2.45, 2.75) is 17.9 Å². The molecule has 2 aromatic carbocycles. The van der Waals surface area contributed by atoms with Crippen LogP contribution in [0.3, 0.4) is 0 Å². The van der Waals surface area contributed by atoms with Gasteiger partial charge in [-0.25, -0.2) is 4.79 Å². The molecule has 0 unspecified atom stereocenters. The predicted molar refractivity (Wildman–Crippen MR) is 92.7 cm³/mol. The van der Waals surface area contributed by atoms with Gasteiger partial charge in [-0.3, -0.25) is 4.79 Å². The summed E-state index contributed by atoms with van der Waals surface area (Å²) in [6.45, 7) is 0. The van der Waals surface area contributed by atoms with Crippen molar-refractivity contribution >= 4 is 11.8 Å². The molecule has 3 atom stereocenters. The van der Waals surface area contributed by atoms with E-state index < -0.39 is 35.7 Å². The smallest absolute Gasteiger partial charge is 0.437 e. The van der Waals surface area contributed by atoms with Gasteiger partial charge < -0.3 is 20.5 Å². The third-order valence-corrected chi connectivity index (χ3v) is 4.62. The number of Topliss-reactive ketones (excluding diaryl/α,β-unsaturated/α-hetero) is 1. The van der Waals surface area contributed by atoms with E-state index >= 15 is 0 Å². The van der Waals surface area contributed by atoms with Crippen LogP contribution in [0.5, 0.6) is 5.75 Å². The van der Waals surface area contributed by atoms with Crippen LogP contribution in [0.2, 0.25) is 0 Å². The molecular formula is C19H17F3N2O4. The first-order valence-electron chi connectivity index (χ1n) is 8.29. The first kappa shape index (κ1) is 19.7. The molecule has 3 N–H and O–H groups in total. The fourth-order valence-corrected chi connectivity index (χ4v) is 3.30. The Bertz CT molecular complexity index is 888. The standard InChI is InChI=1S/C19H17F3N2O4/c1-28-13-10-6-5-9-12(13)15-14(16(25)11-7-3-2-4-8-11)18(27,19(20,21)22)24-17(26)23-15/h2-10,14-15,27H,1H3,(H2,23,24,26)/t14-,15+,18-/m1/s1. The number of halogens is 3. The minimum absolute atomic E-state index is 0.0342. The summed E-state index contributed by atoms with van der Waals surface area (Å²) >= 11 is 0. The number of aliphatic hydroxyl groups is 1. The largest absolute Gasteiger partial charge is 0.496 e. The van der Waals surface area contributed by atoms with E-state index in [2.05, 4.69) is 5.32 Å². The maximum atomic E-state index is 13.8. The molecule has 3 rings (SSSR count). The number of benzene rings is 2. The highest BCUT2D eigenvalue weighted by atomic mass is 19.4. The number of methoxy groups -OCH3 is 1. The lowest BCUT2D eigenvalue weighted by atomic mass is 9.77. The van der Waals surface area contributed by atoms with Crippen molar-refractivity contribution in [1.29, 1.82) is 0 Å². The van der Waals surface area contributed by atoms with Gasteiger partial charge in [0.25, 0.3) is 0 Å². The van der Waals surface area contributed by atoms with Crippen LogP contribution < -0.4 is 15.4 Å². The van der Waals surface area contributed by atoms with Gasteiger partial charge in [0.2, 0.25) is 5.72 Å². The Labute approximate surface area is 158 Å². The molecule has 1 aliphatic rings. The van der Waals surface area contributed by atoms with Crippen LogP contribution in [-0.2, 0) is 0 Å². The van der Waals surface area contributed by atoms with Crippen molar-refractivity contribution in [2.24, 2.45) is 5.92 Å². The second-order valence-corrected chi connectivity index (χ2v) is 6.29. The van der Waals surface area contributed by atoms with Gasteiger partial charge in [-0.05, 0) is 6.07 Å². The van der Waals surface area contributed by atoms with Crippen molar-refractivity contribution in [3.05, 3.63) is 65.7 Å². The van der Waals surface area contributed by atoms with Crippen LogP contribution in [0.15, 0.2) is 54.6 Å². The van der Waals surface area contributed by atoms with Gasteiger partial charge in [-0.15, -0.1) is 0 Å². The third kappa shape index (κ3) is 3.29. The van der Waals surface area contributed by atoms with Crippen molar-refractivity contribution in [3.63, 3.8) is 0 Å². The molecule has 2 amide bonds. The van der Waals surface area contributed by atoms with Gasteiger partial charge in [0.15, 0.2) is 5.78 Å².